The molecule has 58 valence electrons. The lowest BCUT2D eigenvalue weighted by Crippen LogP contribution is -1.89. The Kier molecular flexibility index (Phi) is 2.26. The van der Waals surface area contributed by atoms with E-state index in [9.17, 15) is 0 Å². The first-order valence-corrected chi connectivity index (χ1v) is 3.49. The molecule has 0 unspecified atom stereocenters. The number of hydrogen-bond donors (Lipinski definition) is 1. The van der Waals surface area contributed by atoms with Crippen LogP contribution in [-0.2, 0) is 0 Å². The molecule has 1 rings (SSSR count). The summed E-state index contributed by atoms with van der Waals surface area (Å²) in [6, 6.07) is 5.89. The Hall–Kier alpha value is -1.31. The molecule has 0 aromatic heterocycles. The molecule has 11 heavy (non-hydrogen) atoms. The fourth-order valence-corrected chi connectivity index (χ4v) is 0.976. The minimum atomic E-state index is 0.965. The molecule has 0 saturated carbocycles. The van der Waals surface area contributed by atoms with Crippen LogP contribution in [0.25, 0.3) is 0 Å². The third kappa shape index (κ3) is 1.58. The molecule has 1 aromatic carbocycles. The fourth-order valence-electron chi connectivity index (χ4n) is 0.976. The van der Waals surface area contributed by atoms with E-state index in [0.29, 0.717) is 0 Å². The molecule has 0 saturated heterocycles. The van der Waals surface area contributed by atoms with Gasteiger partial charge in [-0.25, -0.2) is 0 Å². The molecule has 0 heterocycles. The quantitative estimate of drug-likeness (QED) is 0.370. The van der Waals surface area contributed by atoms with Gasteiger partial charge in [0.2, 0.25) is 0 Å². The van der Waals surface area contributed by atoms with Gasteiger partial charge in [0.15, 0.2) is 0 Å². The summed E-state index contributed by atoms with van der Waals surface area (Å²) in [5.41, 5.74) is 3.33. The molecule has 0 aliphatic carbocycles. The van der Waals surface area contributed by atoms with Crippen molar-refractivity contribution >= 4 is 6.21 Å². The van der Waals surface area contributed by atoms with Crippen molar-refractivity contribution in [2.75, 3.05) is 0 Å². The summed E-state index contributed by atoms with van der Waals surface area (Å²) in [7, 11) is 0. The molecule has 0 atom stereocenters. The van der Waals surface area contributed by atoms with Crippen LogP contribution in [0.4, 0.5) is 0 Å². The van der Waals surface area contributed by atoms with Crippen molar-refractivity contribution in [1.29, 1.82) is 0 Å². The summed E-state index contributed by atoms with van der Waals surface area (Å²) in [4.78, 5) is 0. The van der Waals surface area contributed by atoms with Gasteiger partial charge in [0.1, 0.15) is 0 Å². The number of hydrogen-bond acceptors (Lipinski definition) is 2. The van der Waals surface area contributed by atoms with Gasteiger partial charge < -0.3 is 5.21 Å². The first-order chi connectivity index (χ1) is 5.25. The molecule has 0 amide bonds. The molecule has 1 aromatic rings. The lowest BCUT2D eigenvalue weighted by atomic mass is 10.0. The highest BCUT2D eigenvalue weighted by atomic mass is 16.4. The smallest absolute Gasteiger partial charge is 0.0736 e. The van der Waals surface area contributed by atoms with Crippen molar-refractivity contribution in [3.8, 4) is 0 Å². The normalized spacial score (nSPS) is 10.7. The SMILES string of the molecule is Cc1cccc(/C=N/O)c1C. The standard InChI is InChI=1S/C9H11NO/c1-7-4-3-5-9(6-10-11)8(7)2/h3-6,11H,1-2H3/b10-6+. The van der Waals surface area contributed by atoms with Crippen LogP contribution in [0.15, 0.2) is 23.4 Å². The average Bonchev–Trinajstić information content (AvgIpc) is 1.99. The predicted octanol–water partition coefficient (Wildman–Crippen LogP) is 2.11. The number of rotatable bonds is 1. The molecular weight excluding hydrogens is 138 g/mol. The van der Waals surface area contributed by atoms with Crippen molar-refractivity contribution in [2.24, 2.45) is 5.16 Å². The van der Waals surface area contributed by atoms with Gasteiger partial charge in [0.25, 0.3) is 0 Å². The van der Waals surface area contributed by atoms with Crippen molar-refractivity contribution in [3.05, 3.63) is 34.9 Å². The Bertz CT molecular complexity index is 279. The monoisotopic (exact) mass is 149 g/mol. The lowest BCUT2D eigenvalue weighted by molar-refractivity contribution is 0.322. The molecule has 2 heteroatoms. The van der Waals surface area contributed by atoms with Crippen LogP contribution in [0.3, 0.4) is 0 Å². The fraction of sp³-hybridized carbons (Fsp3) is 0.222. The molecule has 2 nitrogen and oxygen atoms in total. The topological polar surface area (TPSA) is 32.6 Å². The number of aryl methyl sites for hydroxylation is 1. The zero-order valence-electron chi connectivity index (χ0n) is 6.70. The van der Waals surface area contributed by atoms with E-state index in [4.69, 9.17) is 5.21 Å². The molecule has 0 radical (unpaired) electrons. The van der Waals surface area contributed by atoms with E-state index in [0.717, 1.165) is 11.1 Å². The second-order valence-electron chi connectivity index (χ2n) is 2.53. The maximum atomic E-state index is 8.30. The molecule has 0 spiro atoms. The van der Waals surface area contributed by atoms with Crippen LogP contribution in [0, 0.1) is 13.8 Å². The van der Waals surface area contributed by atoms with Crippen LogP contribution in [0.5, 0.6) is 0 Å². The molecule has 0 bridgehead atoms. The second kappa shape index (κ2) is 3.19. The minimum Gasteiger partial charge on any atom is -0.411 e. The van der Waals surface area contributed by atoms with E-state index < -0.39 is 0 Å². The van der Waals surface area contributed by atoms with E-state index in [1.165, 1.54) is 11.8 Å². The van der Waals surface area contributed by atoms with Gasteiger partial charge in [-0.1, -0.05) is 23.4 Å². The van der Waals surface area contributed by atoms with Gasteiger partial charge in [-0.05, 0) is 30.5 Å². The van der Waals surface area contributed by atoms with Gasteiger partial charge in [-0.2, -0.15) is 0 Å². The second-order valence-corrected chi connectivity index (χ2v) is 2.53. The van der Waals surface area contributed by atoms with E-state index in [1.807, 2.05) is 32.0 Å². The van der Waals surface area contributed by atoms with Gasteiger partial charge in [-0.15, -0.1) is 0 Å². The van der Waals surface area contributed by atoms with Gasteiger partial charge in [0, 0.05) is 0 Å². The largest absolute Gasteiger partial charge is 0.411 e. The average molecular weight is 149 g/mol. The minimum absolute atomic E-state index is 0.965. The Labute approximate surface area is 66.2 Å². The van der Waals surface area contributed by atoms with E-state index in [-0.39, 0.29) is 0 Å². The maximum absolute atomic E-state index is 8.30. The van der Waals surface area contributed by atoms with Crippen molar-refractivity contribution < 1.29 is 5.21 Å². The first kappa shape index (κ1) is 7.79. The third-order valence-electron chi connectivity index (χ3n) is 1.84. The van der Waals surface area contributed by atoms with Crippen LogP contribution >= 0.6 is 0 Å². The number of oxime groups is 1. The van der Waals surface area contributed by atoms with E-state index in [2.05, 4.69) is 5.16 Å². The predicted molar refractivity (Wildman–Crippen MR) is 45.3 cm³/mol. The van der Waals surface area contributed by atoms with E-state index >= 15 is 0 Å². The summed E-state index contributed by atoms with van der Waals surface area (Å²) >= 11 is 0. The summed E-state index contributed by atoms with van der Waals surface area (Å²) in [6.07, 6.45) is 1.45. The summed E-state index contributed by atoms with van der Waals surface area (Å²) in [5, 5.41) is 11.3. The zero-order valence-corrected chi connectivity index (χ0v) is 6.70. The van der Waals surface area contributed by atoms with Crippen LogP contribution in [0.1, 0.15) is 16.7 Å². The Morgan fingerprint density at radius 2 is 2.09 bits per heavy atom. The molecule has 0 aliphatic heterocycles. The van der Waals surface area contributed by atoms with Crippen LogP contribution in [0.2, 0.25) is 0 Å². The van der Waals surface area contributed by atoms with Crippen LogP contribution in [-0.4, -0.2) is 11.4 Å². The van der Waals surface area contributed by atoms with Gasteiger partial charge in [0.05, 0.1) is 6.21 Å². The Morgan fingerprint density at radius 1 is 1.36 bits per heavy atom. The van der Waals surface area contributed by atoms with Crippen molar-refractivity contribution in [1.82, 2.24) is 0 Å². The summed E-state index contributed by atoms with van der Waals surface area (Å²) in [5.74, 6) is 0. The highest BCUT2D eigenvalue weighted by Crippen LogP contribution is 2.09. The van der Waals surface area contributed by atoms with Crippen molar-refractivity contribution in [3.63, 3.8) is 0 Å². The maximum Gasteiger partial charge on any atom is 0.0736 e. The van der Waals surface area contributed by atoms with Gasteiger partial charge in [-0.3, -0.25) is 0 Å². The number of nitrogens with zero attached hydrogens (tertiary/aromatic N) is 1. The summed E-state index contributed by atoms with van der Waals surface area (Å²) in [6.45, 7) is 4.04. The highest BCUT2D eigenvalue weighted by Gasteiger charge is 1.95. The first-order valence-electron chi connectivity index (χ1n) is 3.49. The van der Waals surface area contributed by atoms with E-state index in [1.54, 1.807) is 0 Å². The molecule has 1 N–H and O–H groups in total. The highest BCUT2D eigenvalue weighted by molar-refractivity contribution is 5.81. The zero-order chi connectivity index (χ0) is 8.27. The van der Waals surface area contributed by atoms with Crippen molar-refractivity contribution in [2.45, 2.75) is 13.8 Å². The third-order valence-corrected chi connectivity index (χ3v) is 1.84. The Balaban J connectivity index is 3.16. The number of benzene rings is 1. The van der Waals surface area contributed by atoms with Gasteiger partial charge >= 0.3 is 0 Å². The Morgan fingerprint density at radius 3 is 2.73 bits per heavy atom. The summed E-state index contributed by atoms with van der Waals surface area (Å²) < 4.78 is 0. The molecule has 0 fully saturated rings. The van der Waals surface area contributed by atoms with Crippen LogP contribution < -0.4 is 0 Å². The molecular formula is C9H11NO. The lowest BCUT2D eigenvalue weighted by Gasteiger charge is -2.01. The molecule has 0 aliphatic rings.